The summed E-state index contributed by atoms with van der Waals surface area (Å²) in [6.45, 7) is 2.01. The van der Waals surface area contributed by atoms with Crippen LogP contribution in [0.4, 0.5) is 0 Å². The van der Waals surface area contributed by atoms with E-state index in [0.717, 1.165) is 17.7 Å². The number of hydrogen-bond donors (Lipinski definition) is 1. The molecule has 2 rings (SSSR count). The van der Waals surface area contributed by atoms with Crippen LogP contribution < -0.4 is 5.32 Å². The van der Waals surface area contributed by atoms with Crippen LogP contribution in [-0.2, 0) is 9.59 Å². The van der Waals surface area contributed by atoms with Crippen molar-refractivity contribution in [1.82, 2.24) is 5.32 Å². The predicted octanol–water partition coefficient (Wildman–Crippen LogP) is 1.73. The average molecular weight is 265 g/mol. The van der Waals surface area contributed by atoms with E-state index in [-0.39, 0.29) is 23.6 Å². The number of carbonyl (C=O) groups is 2. The second kappa shape index (κ2) is 5.31. The van der Waals surface area contributed by atoms with Crippen LogP contribution in [0, 0.1) is 5.92 Å². The Hall–Kier alpha value is -1.68. The quantitative estimate of drug-likeness (QED) is 0.772. The molecule has 1 aliphatic heterocycles. The first-order chi connectivity index (χ1) is 8.63. The van der Waals surface area contributed by atoms with E-state index in [9.17, 15) is 9.59 Å². The Balaban J connectivity index is 2.30. The first-order valence-corrected chi connectivity index (χ1v) is 6.26. The molecule has 4 nitrogen and oxygen atoms in total. The molecular weight excluding hydrogens is 252 g/mol. The predicted molar refractivity (Wildman–Crippen MR) is 70.4 cm³/mol. The Labute approximate surface area is 110 Å². The number of alkyl halides is 1. The number of nitrogens with one attached hydrogen (secondary N) is 1. The van der Waals surface area contributed by atoms with Crippen LogP contribution in [0.3, 0.4) is 0 Å². The minimum atomic E-state index is -0.389. The molecule has 1 heterocycles. The Kier molecular flexibility index (Phi) is 3.77. The lowest BCUT2D eigenvalue weighted by molar-refractivity contribution is -0.116. The molecule has 0 saturated heterocycles. The summed E-state index contributed by atoms with van der Waals surface area (Å²) in [6.07, 6.45) is 7.87. The summed E-state index contributed by atoms with van der Waals surface area (Å²) in [4.78, 5) is 26.5. The monoisotopic (exact) mass is 264 g/mol. The fourth-order valence-corrected chi connectivity index (χ4v) is 2.09. The van der Waals surface area contributed by atoms with Crippen molar-refractivity contribution < 1.29 is 9.59 Å². The van der Waals surface area contributed by atoms with Crippen molar-refractivity contribution in [3.8, 4) is 0 Å². The second-order valence-corrected chi connectivity index (χ2v) is 4.33. The molecule has 0 aromatic carbocycles. The molecule has 5 heteroatoms. The maximum absolute atomic E-state index is 11.5. The van der Waals surface area contributed by atoms with Crippen LogP contribution in [0.1, 0.15) is 13.3 Å². The van der Waals surface area contributed by atoms with Gasteiger partial charge in [0, 0.05) is 17.7 Å². The number of amides is 2. The summed E-state index contributed by atoms with van der Waals surface area (Å²) in [7, 11) is 0. The highest BCUT2D eigenvalue weighted by Gasteiger charge is 2.25. The molecule has 1 unspecified atom stereocenters. The van der Waals surface area contributed by atoms with Gasteiger partial charge in [0.15, 0.2) is 0 Å². The molecule has 1 aliphatic carbocycles. The van der Waals surface area contributed by atoms with Crippen molar-refractivity contribution in [1.29, 1.82) is 0 Å². The number of aliphatic imine (C=N–C) groups is 1. The highest BCUT2D eigenvalue weighted by Crippen LogP contribution is 2.28. The van der Waals surface area contributed by atoms with Gasteiger partial charge < -0.3 is 5.32 Å². The largest absolute Gasteiger partial charge is 0.325 e. The maximum Gasteiger partial charge on any atom is 0.261 e. The fraction of sp³-hybridized carbons (Fsp3) is 0.308. The van der Waals surface area contributed by atoms with Crippen LogP contribution in [0.2, 0.25) is 0 Å². The van der Waals surface area contributed by atoms with Crippen molar-refractivity contribution in [2.75, 3.05) is 5.88 Å². The normalized spacial score (nSPS) is 24.2. The molecule has 0 aromatic rings. The lowest BCUT2D eigenvalue weighted by Crippen LogP contribution is -2.33. The molecule has 0 saturated carbocycles. The molecule has 0 bridgehead atoms. The van der Waals surface area contributed by atoms with E-state index in [0.29, 0.717) is 5.71 Å². The molecular formula is C13H13ClN2O2. The van der Waals surface area contributed by atoms with Gasteiger partial charge >= 0.3 is 0 Å². The molecule has 2 aliphatic rings. The number of nitrogens with zero attached hydrogens (tertiary/aromatic N) is 1. The molecule has 94 valence electrons. The smallest absolute Gasteiger partial charge is 0.261 e. The molecule has 0 spiro atoms. The van der Waals surface area contributed by atoms with Crippen LogP contribution in [0.25, 0.3) is 0 Å². The zero-order valence-electron chi connectivity index (χ0n) is 9.94. The lowest BCUT2D eigenvalue weighted by atomic mass is 9.86. The first-order valence-electron chi connectivity index (χ1n) is 5.72. The van der Waals surface area contributed by atoms with E-state index in [1.165, 1.54) is 0 Å². The summed E-state index contributed by atoms with van der Waals surface area (Å²) in [5.41, 5.74) is 2.34. The number of halogens is 1. The summed E-state index contributed by atoms with van der Waals surface area (Å²) in [5, 5.41) is 2.77. The Morgan fingerprint density at radius 1 is 1.50 bits per heavy atom. The van der Waals surface area contributed by atoms with Gasteiger partial charge in [0.1, 0.15) is 5.88 Å². The highest BCUT2D eigenvalue weighted by atomic mass is 35.5. The van der Waals surface area contributed by atoms with Gasteiger partial charge in [0.2, 0.25) is 5.91 Å². The van der Waals surface area contributed by atoms with Crippen molar-refractivity contribution in [2.24, 2.45) is 10.9 Å². The Morgan fingerprint density at radius 2 is 2.28 bits per heavy atom. The molecule has 1 N–H and O–H groups in total. The number of allylic oxidation sites excluding steroid dienone is 3. The van der Waals surface area contributed by atoms with Gasteiger partial charge in [0.25, 0.3) is 5.91 Å². The maximum atomic E-state index is 11.5. The topological polar surface area (TPSA) is 58.5 Å². The van der Waals surface area contributed by atoms with Gasteiger partial charge in [-0.3, -0.25) is 9.59 Å². The minimum absolute atomic E-state index is 0.0813. The summed E-state index contributed by atoms with van der Waals surface area (Å²) >= 11 is 5.40. The van der Waals surface area contributed by atoms with Crippen molar-refractivity contribution in [3.63, 3.8) is 0 Å². The number of carbonyl (C=O) groups excluding carboxylic acids is 2. The molecule has 18 heavy (non-hydrogen) atoms. The first kappa shape index (κ1) is 12.8. The molecule has 0 aromatic heterocycles. The summed E-state index contributed by atoms with van der Waals surface area (Å²) in [6, 6.07) is 0. The number of fused-ring (bicyclic) bond motifs is 1. The van der Waals surface area contributed by atoms with Crippen LogP contribution in [-0.4, -0.2) is 23.4 Å². The zero-order valence-corrected chi connectivity index (χ0v) is 10.7. The number of rotatable bonds is 2. The highest BCUT2D eigenvalue weighted by molar-refractivity contribution is 6.28. The van der Waals surface area contributed by atoms with E-state index >= 15 is 0 Å². The van der Waals surface area contributed by atoms with Crippen molar-refractivity contribution >= 4 is 29.1 Å². The summed E-state index contributed by atoms with van der Waals surface area (Å²) in [5.74, 6) is -0.582. The van der Waals surface area contributed by atoms with Gasteiger partial charge in [0.05, 0.1) is 5.71 Å². The molecule has 0 fully saturated rings. The molecule has 1 atom stereocenters. The van der Waals surface area contributed by atoms with Gasteiger partial charge in [-0.15, -0.1) is 11.6 Å². The molecule has 0 radical (unpaired) electrons. The average Bonchev–Trinajstić information content (AvgIpc) is 2.37. The second-order valence-electron chi connectivity index (χ2n) is 4.06. The van der Waals surface area contributed by atoms with Gasteiger partial charge in [-0.05, 0) is 18.6 Å². The van der Waals surface area contributed by atoms with Crippen LogP contribution in [0.15, 0.2) is 40.6 Å². The lowest BCUT2D eigenvalue weighted by Gasteiger charge is -2.26. The Morgan fingerprint density at radius 3 is 2.94 bits per heavy atom. The zero-order chi connectivity index (χ0) is 13.1. The summed E-state index contributed by atoms with van der Waals surface area (Å²) < 4.78 is 0. The van der Waals surface area contributed by atoms with Gasteiger partial charge in [-0.2, -0.15) is 0 Å². The van der Waals surface area contributed by atoms with Gasteiger partial charge in [-0.25, -0.2) is 4.99 Å². The third kappa shape index (κ3) is 2.59. The van der Waals surface area contributed by atoms with Crippen LogP contribution >= 0.6 is 11.6 Å². The van der Waals surface area contributed by atoms with E-state index in [1.54, 1.807) is 18.2 Å². The third-order valence-electron chi connectivity index (χ3n) is 2.86. The SMILES string of the molecule is CCC1=CC(=O)NC2=CC(=NC(=O)CCl)C=CC12. The Bertz CT molecular complexity index is 515. The third-order valence-corrected chi connectivity index (χ3v) is 3.09. The van der Waals surface area contributed by atoms with E-state index < -0.39 is 0 Å². The minimum Gasteiger partial charge on any atom is -0.325 e. The van der Waals surface area contributed by atoms with E-state index in [1.807, 2.05) is 13.0 Å². The fourth-order valence-electron chi connectivity index (χ4n) is 2.03. The standard InChI is InChI=1S/C13H13ClN2O2/c1-2-8-5-12(17)16-11-6-9(3-4-10(8)11)15-13(18)7-14/h3-6,10H,2,7H2,1H3,(H,16,17). The van der Waals surface area contributed by atoms with E-state index in [2.05, 4.69) is 10.3 Å². The number of hydrogen-bond acceptors (Lipinski definition) is 2. The molecule has 2 amide bonds. The van der Waals surface area contributed by atoms with Crippen molar-refractivity contribution in [3.05, 3.63) is 35.6 Å². The van der Waals surface area contributed by atoms with Gasteiger partial charge in [-0.1, -0.05) is 18.6 Å². The van der Waals surface area contributed by atoms with E-state index in [4.69, 9.17) is 11.6 Å². The van der Waals surface area contributed by atoms with Crippen molar-refractivity contribution in [2.45, 2.75) is 13.3 Å². The van der Waals surface area contributed by atoms with Crippen LogP contribution in [0.5, 0.6) is 0 Å².